The van der Waals surface area contributed by atoms with Crippen molar-refractivity contribution < 1.29 is 30.9 Å². The Morgan fingerprint density at radius 3 is 2.42 bits per heavy atom. The number of carbonyl (C=O) groups excluding carboxylic acids is 1. The van der Waals surface area contributed by atoms with Crippen LogP contribution in [0.15, 0.2) is 56.9 Å². The highest BCUT2D eigenvalue weighted by atomic mass is 32.2. The first kappa shape index (κ1) is 30.8. The van der Waals surface area contributed by atoms with Gasteiger partial charge in [-0.05, 0) is 55.9 Å². The number of aliphatic imine (C=N–C) groups is 1. The molecular weight excluding hydrogens is 581 g/mol. The Hall–Kier alpha value is -3.67. The lowest BCUT2D eigenvalue weighted by Crippen LogP contribution is -2.40. The number of aromatic nitrogens is 1. The second-order valence-electron chi connectivity index (χ2n) is 11.3. The number of rotatable bonds is 10. The van der Waals surface area contributed by atoms with Gasteiger partial charge in [-0.3, -0.25) is 14.7 Å². The second kappa shape index (κ2) is 11.8. The first-order valence-electron chi connectivity index (χ1n) is 14.5. The lowest BCUT2D eigenvalue weighted by atomic mass is 9.94. The maximum Gasteiger partial charge on any atom is 0.389 e. The zero-order chi connectivity index (χ0) is 31.0. The molecule has 1 amide bonds. The van der Waals surface area contributed by atoms with Gasteiger partial charge in [0.25, 0.3) is 15.9 Å². The predicted octanol–water partition coefficient (Wildman–Crippen LogP) is 7.11. The number of amidine groups is 1. The molecule has 1 spiro atoms. The molecule has 0 atom stereocenters. The minimum atomic E-state index is -4.35. The third-order valence-corrected chi connectivity index (χ3v) is 9.63. The molecule has 2 heterocycles. The number of anilines is 1. The number of nitrogens with one attached hydrogen (secondary N) is 1. The van der Waals surface area contributed by atoms with E-state index in [-0.39, 0.29) is 35.5 Å². The maximum absolute atomic E-state index is 13.5. The number of hydrogen-bond acceptors (Lipinski definition) is 6. The molecule has 1 aliphatic heterocycles. The third kappa shape index (κ3) is 6.34. The van der Waals surface area contributed by atoms with Gasteiger partial charge in [0.05, 0.1) is 23.6 Å². The summed E-state index contributed by atoms with van der Waals surface area (Å²) >= 11 is 0. The van der Waals surface area contributed by atoms with Gasteiger partial charge in [0, 0.05) is 17.5 Å². The number of amides is 1. The Kier molecular flexibility index (Phi) is 8.43. The van der Waals surface area contributed by atoms with Crippen LogP contribution in [-0.4, -0.2) is 41.9 Å². The maximum atomic E-state index is 13.5. The molecule has 2 aromatic carbocycles. The van der Waals surface area contributed by atoms with Crippen molar-refractivity contribution in [1.82, 2.24) is 10.1 Å². The van der Waals surface area contributed by atoms with Gasteiger partial charge in [-0.2, -0.15) is 13.2 Å². The Balaban J connectivity index is 1.47. The molecular formula is C31H35F3N4O4S. The van der Waals surface area contributed by atoms with E-state index < -0.39 is 28.2 Å². The van der Waals surface area contributed by atoms with Gasteiger partial charge >= 0.3 is 6.18 Å². The molecule has 5 rings (SSSR count). The van der Waals surface area contributed by atoms with Crippen molar-refractivity contribution in [1.29, 1.82) is 0 Å². The predicted molar refractivity (Wildman–Crippen MR) is 157 cm³/mol. The summed E-state index contributed by atoms with van der Waals surface area (Å²) in [7, 11) is -4.05. The topological polar surface area (TPSA) is 105 Å². The van der Waals surface area contributed by atoms with E-state index in [2.05, 4.69) is 14.9 Å². The molecule has 1 fully saturated rings. The van der Waals surface area contributed by atoms with Gasteiger partial charge in [-0.15, -0.1) is 0 Å². The Bertz CT molecular complexity index is 1660. The second-order valence-corrected chi connectivity index (χ2v) is 13.0. The molecule has 2 aliphatic rings. The van der Waals surface area contributed by atoms with E-state index >= 15 is 0 Å². The zero-order valence-corrected chi connectivity index (χ0v) is 25.2. The third-order valence-electron chi connectivity index (χ3n) is 8.24. The number of hydrogen-bond donors (Lipinski definition) is 1. The average Bonchev–Trinajstić information content (AvgIpc) is 3.63. The van der Waals surface area contributed by atoms with Crippen LogP contribution in [0.25, 0.3) is 11.1 Å². The Labute approximate surface area is 249 Å². The highest BCUT2D eigenvalue weighted by Crippen LogP contribution is 2.41. The van der Waals surface area contributed by atoms with Crippen molar-refractivity contribution >= 4 is 27.7 Å². The lowest BCUT2D eigenvalue weighted by molar-refractivity contribution is -0.135. The lowest BCUT2D eigenvalue weighted by Gasteiger charge is -2.23. The molecule has 0 radical (unpaired) electrons. The van der Waals surface area contributed by atoms with Gasteiger partial charge in [-0.25, -0.2) is 13.1 Å². The summed E-state index contributed by atoms with van der Waals surface area (Å²) in [5, 5.41) is 3.83. The van der Waals surface area contributed by atoms with E-state index in [0.29, 0.717) is 41.6 Å². The van der Waals surface area contributed by atoms with Crippen LogP contribution < -0.4 is 4.72 Å². The molecule has 0 saturated heterocycles. The van der Waals surface area contributed by atoms with Gasteiger partial charge in [0.2, 0.25) is 5.88 Å². The Morgan fingerprint density at radius 2 is 1.77 bits per heavy atom. The minimum absolute atomic E-state index is 0.0507. The van der Waals surface area contributed by atoms with E-state index in [1.807, 2.05) is 19.1 Å². The van der Waals surface area contributed by atoms with Crippen molar-refractivity contribution in [3.63, 3.8) is 0 Å². The summed E-state index contributed by atoms with van der Waals surface area (Å²) in [6, 6.07) is 12.2. The minimum Gasteiger partial charge on any atom is -0.337 e. The number of sulfonamides is 1. The van der Waals surface area contributed by atoms with E-state index in [1.54, 1.807) is 38.1 Å². The average molecular weight is 617 g/mol. The first-order chi connectivity index (χ1) is 20.3. The number of halogens is 3. The van der Waals surface area contributed by atoms with E-state index in [0.717, 1.165) is 30.4 Å². The van der Waals surface area contributed by atoms with Gasteiger partial charge in [0.1, 0.15) is 11.4 Å². The first-order valence-corrected chi connectivity index (χ1v) is 16.0. The van der Waals surface area contributed by atoms with Crippen molar-refractivity contribution in [2.45, 2.75) is 95.3 Å². The molecule has 8 nitrogen and oxygen atoms in total. The van der Waals surface area contributed by atoms with Crippen LogP contribution in [-0.2, 0) is 27.8 Å². The summed E-state index contributed by atoms with van der Waals surface area (Å²) in [6.07, 6.45) is -1.63. The Morgan fingerprint density at radius 1 is 1.05 bits per heavy atom. The van der Waals surface area contributed by atoms with Gasteiger partial charge < -0.3 is 4.52 Å². The molecule has 1 aliphatic carbocycles. The molecule has 1 aromatic heterocycles. The number of alkyl halides is 3. The summed E-state index contributed by atoms with van der Waals surface area (Å²) < 4.78 is 74.1. The van der Waals surface area contributed by atoms with E-state index in [4.69, 9.17) is 4.52 Å². The molecule has 230 valence electrons. The van der Waals surface area contributed by atoms with Gasteiger partial charge in [0.15, 0.2) is 0 Å². The molecule has 1 saturated carbocycles. The van der Waals surface area contributed by atoms with Crippen molar-refractivity contribution in [3.8, 4) is 11.1 Å². The smallest absolute Gasteiger partial charge is 0.337 e. The van der Waals surface area contributed by atoms with Crippen LogP contribution in [0.5, 0.6) is 0 Å². The SMILES string of the molecule is CCCc1cc(CN2C(=O)C3(CCCC3)N=C2CCC(F)(F)F)ccc1-c1ccccc1S(=O)(=O)Nc1onc(C)c1C. The van der Waals surface area contributed by atoms with Crippen LogP contribution in [0, 0.1) is 13.8 Å². The highest BCUT2D eigenvalue weighted by Gasteiger charge is 2.49. The highest BCUT2D eigenvalue weighted by molar-refractivity contribution is 7.92. The summed E-state index contributed by atoms with van der Waals surface area (Å²) in [6.45, 7) is 5.54. The molecule has 0 bridgehead atoms. The fraction of sp³-hybridized carbons (Fsp3) is 0.452. The molecule has 1 N–H and O–H groups in total. The molecule has 12 heteroatoms. The van der Waals surface area contributed by atoms with E-state index in [1.165, 1.54) is 11.0 Å². The van der Waals surface area contributed by atoms with Crippen LogP contribution >= 0.6 is 0 Å². The van der Waals surface area contributed by atoms with Crippen LogP contribution in [0.4, 0.5) is 19.1 Å². The van der Waals surface area contributed by atoms with Crippen molar-refractivity contribution in [2.24, 2.45) is 4.99 Å². The van der Waals surface area contributed by atoms with Crippen LogP contribution in [0.2, 0.25) is 0 Å². The monoisotopic (exact) mass is 616 g/mol. The molecule has 3 aromatic rings. The zero-order valence-electron chi connectivity index (χ0n) is 24.4. The number of aryl methyl sites for hydroxylation is 2. The standard InChI is InChI=1S/C31H35F3N4O4S/c1-4-9-23-18-22(19-38-27(14-17-31(32,33)34)35-30(29(38)39)15-7-8-16-30)12-13-24(23)25-10-5-6-11-26(25)43(40,41)37-28-20(2)21(3)36-42-28/h5-6,10-13,18,37H,4,7-9,14-17,19H2,1-3H3. The number of benzene rings is 2. The number of carbonyl (C=O) groups is 1. The summed E-state index contributed by atoms with van der Waals surface area (Å²) in [5.74, 6) is 0.00398. The fourth-order valence-corrected chi connectivity index (χ4v) is 7.16. The summed E-state index contributed by atoms with van der Waals surface area (Å²) in [4.78, 5) is 19.6. The largest absolute Gasteiger partial charge is 0.389 e. The molecule has 43 heavy (non-hydrogen) atoms. The fourth-order valence-electron chi connectivity index (χ4n) is 5.89. The normalized spacial score (nSPS) is 16.7. The van der Waals surface area contributed by atoms with Gasteiger partial charge in [-0.1, -0.05) is 67.7 Å². The van der Waals surface area contributed by atoms with Crippen LogP contribution in [0.3, 0.4) is 0 Å². The van der Waals surface area contributed by atoms with Crippen molar-refractivity contribution in [3.05, 3.63) is 64.8 Å². The quantitative estimate of drug-likeness (QED) is 0.262. The summed E-state index contributed by atoms with van der Waals surface area (Å²) in [5.41, 5.74) is 3.02. The molecule has 0 unspecified atom stereocenters. The van der Waals surface area contributed by atoms with Crippen LogP contribution in [0.1, 0.15) is 74.3 Å². The van der Waals surface area contributed by atoms with Crippen molar-refractivity contribution in [2.75, 3.05) is 4.72 Å². The van der Waals surface area contributed by atoms with E-state index in [9.17, 15) is 26.4 Å². The number of nitrogens with zero attached hydrogens (tertiary/aromatic N) is 3.